The number of thioether (sulfide) groups is 1. The lowest BCUT2D eigenvalue weighted by atomic mass is 9.46. The fraction of sp³-hybridized carbons (Fsp3) is 0.796. The summed E-state index contributed by atoms with van der Waals surface area (Å²) in [6, 6.07) is 8.10. The van der Waals surface area contributed by atoms with E-state index in [1.54, 1.807) is 58.2 Å². The summed E-state index contributed by atoms with van der Waals surface area (Å²) in [5.74, 6) is 0.421. The van der Waals surface area contributed by atoms with Crippen LogP contribution in [-0.2, 0) is 41.5 Å². The second-order valence-electron chi connectivity index (χ2n) is 24.5. The molecule has 0 aromatic heterocycles. The van der Waals surface area contributed by atoms with Gasteiger partial charge in [-0.05, 0) is 167 Å². The highest BCUT2D eigenvalue weighted by Crippen LogP contribution is 2.66. The van der Waals surface area contributed by atoms with E-state index in [0.717, 1.165) is 56.1 Å². The zero-order chi connectivity index (χ0) is 51.9. The number of rotatable bonds is 17. The van der Waals surface area contributed by atoms with Crippen LogP contribution >= 0.6 is 11.8 Å². The van der Waals surface area contributed by atoms with Crippen molar-refractivity contribution in [3.05, 3.63) is 35.4 Å². The maximum Gasteiger partial charge on any atom is 0.410 e. The molecule has 5 N–H and O–H groups in total. The maximum absolute atomic E-state index is 14.1. The number of ether oxygens (including phenoxy) is 4. The smallest absolute Gasteiger partial charge is 0.410 e. The standard InChI is InChI=1S/C54H88N4O11S/c1-35-21-25-54-26-23-40(59)45(54)53(35,12)42(66-44(62)34-70-39-19-17-37(18-20-39)31-56-43(61)32-57-47(64)68-50(5,6)7)30-52(11,41(60)29-54)24-22-36-13-15-38(16-14-36)33-58(48(65)69-51(8,9)10)28-27-55-46(63)67-49(2,3)4/h13-16,35,37,39,41-43,45,56,60-61H,17-34H2,1-12H3,(H,55,63)(H,57,64). The molecule has 4 aliphatic carbocycles. The maximum atomic E-state index is 14.1. The van der Waals surface area contributed by atoms with E-state index in [1.165, 1.54) is 0 Å². The quantitative estimate of drug-likeness (QED) is 0.0563. The predicted molar refractivity (Wildman–Crippen MR) is 272 cm³/mol. The molecule has 1 aromatic carbocycles. The van der Waals surface area contributed by atoms with E-state index >= 15 is 0 Å². The van der Waals surface area contributed by atoms with Crippen molar-refractivity contribution in [2.45, 2.75) is 207 Å². The first-order valence-corrected chi connectivity index (χ1v) is 27.0. The first kappa shape index (κ1) is 57.3. The van der Waals surface area contributed by atoms with E-state index in [0.29, 0.717) is 49.8 Å². The number of ketones is 1. The molecule has 16 heteroatoms. The third kappa shape index (κ3) is 16.2. The number of aliphatic hydroxyl groups is 2. The van der Waals surface area contributed by atoms with Crippen LogP contribution in [0.3, 0.4) is 0 Å². The fourth-order valence-corrected chi connectivity index (χ4v) is 12.5. The van der Waals surface area contributed by atoms with Crippen LogP contribution in [0.25, 0.3) is 0 Å². The van der Waals surface area contributed by atoms with E-state index < -0.39 is 64.3 Å². The number of aryl methyl sites for hydroxylation is 1. The molecule has 2 bridgehead atoms. The van der Waals surface area contributed by atoms with Gasteiger partial charge in [0, 0.05) is 49.2 Å². The van der Waals surface area contributed by atoms with Crippen molar-refractivity contribution in [2.24, 2.45) is 34.0 Å². The van der Waals surface area contributed by atoms with E-state index in [1.807, 2.05) is 32.9 Å². The molecule has 4 saturated carbocycles. The van der Waals surface area contributed by atoms with Gasteiger partial charge in [-0.2, -0.15) is 0 Å². The molecule has 8 unspecified atom stereocenters. The van der Waals surface area contributed by atoms with Gasteiger partial charge in [0.2, 0.25) is 0 Å². The minimum Gasteiger partial charge on any atom is -0.461 e. The van der Waals surface area contributed by atoms with E-state index in [-0.39, 0.29) is 60.9 Å². The molecule has 1 aromatic rings. The summed E-state index contributed by atoms with van der Waals surface area (Å²) < 4.78 is 23.0. The van der Waals surface area contributed by atoms with Crippen LogP contribution in [0.2, 0.25) is 0 Å². The molecule has 4 fully saturated rings. The van der Waals surface area contributed by atoms with Gasteiger partial charge in [-0.1, -0.05) is 45.0 Å². The number of esters is 1. The Bertz CT molecular complexity index is 1940. The summed E-state index contributed by atoms with van der Waals surface area (Å²) in [5, 5.41) is 31.5. The van der Waals surface area contributed by atoms with E-state index in [4.69, 9.17) is 18.9 Å². The minimum atomic E-state index is -0.888. The molecular formula is C54H88N4O11S. The predicted octanol–water partition coefficient (Wildman–Crippen LogP) is 9.08. The Morgan fingerprint density at radius 3 is 2.04 bits per heavy atom. The van der Waals surface area contributed by atoms with Crippen molar-refractivity contribution >= 4 is 41.8 Å². The van der Waals surface area contributed by atoms with E-state index in [9.17, 15) is 34.2 Å². The Morgan fingerprint density at radius 1 is 0.829 bits per heavy atom. The second kappa shape index (κ2) is 23.5. The molecule has 15 nitrogen and oxygen atoms in total. The van der Waals surface area contributed by atoms with Crippen molar-refractivity contribution in [1.29, 1.82) is 0 Å². The Hall–Kier alpha value is -3.60. The second-order valence-corrected chi connectivity index (χ2v) is 25.8. The molecule has 0 radical (unpaired) electrons. The van der Waals surface area contributed by atoms with Crippen LogP contribution in [-0.4, -0.2) is 118 Å². The Morgan fingerprint density at radius 2 is 1.43 bits per heavy atom. The molecular weight excluding hydrogens is 913 g/mol. The highest BCUT2D eigenvalue weighted by Gasteiger charge is 2.66. The number of benzene rings is 1. The van der Waals surface area contributed by atoms with Gasteiger partial charge in [0.15, 0.2) is 0 Å². The Balaban J connectivity index is 1.21. The van der Waals surface area contributed by atoms with Crippen LogP contribution in [0.5, 0.6) is 0 Å². The number of Topliss-reactive ketones (excluding diaryl/α,β-unsaturated/α-hetero) is 1. The van der Waals surface area contributed by atoms with Gasteiger partial charge in [0.25, 0.3) is 0 Å². The SMILES string of the molecule is CC1CCC23CCC(=O)C2C1(C)C(OC(=O)CSC1CCC(CNC(O)CNC(=O)OC(C)(C)C)CC1)CC(C)(CCc1ccc(CN(CCNC(=O)OC(C)(C)C)C(=O)OC(C)(C)C)cc1)C(O)C3. The van der Waals surface area contributed by atoms with Crippen molar-refractivity contribution < 1.29 is 53.1 Å². The average Bonchev–Trinajstić information content (AvgIpc) is 3.58. The van der Waals surface area contributed by atoms with Gasteiger partial charge in [-0.3, -0.25) is 14.9 Å². The molecule has 70 heavy (non-hydrogen) atoms. The van der Waals surface area contributed by atoms with Gasteiger partial charge >= 0.3 is 24.2 Å². The Labute approximate surface area is 422 Å². The number of hydrogen-bond acceptors (Lipinski definition) is 13. The van der Waals surface area contributed by atoms with Crippen LogP contribution in [0, 0.1) is 34.0 Å². The lowest BCUT2D eigenvalue weighted by molar-refractivity contribution is -0.197. The molecule has 0 saturated heterocycles. The van der Waals surface area contributed by atoms with Crippen LogP contribution in [0.1, 0.15) is 165 Å². The summed E-state index contributed by atoms with van der Waals surface area (Å²) in [6.07, 6.45) is 5.39. The van der Waals surface area contributed by atoms with Gasteiger partial charge in [0.05, 0.1) is 18.4 Å². The summed E-state index contributed by atoms with van der Waals surface area (Å²) in [5.41, 5.74) is -1.51. The summed E-state index contributed by atoms with van der Waals surface area (Å²) in [7, 11) is 0. The molecule has 8 atom stereocenters. The molecule has 0 heterocycles. The lowest BCUT2D eigenvalue weighted by Gasteiger charge is -2.60. The highest BCUT2D eigenvalue weighted by atomic mass is 32.2. The zero-order valence-corrected chi connectivity index (χ0v) is 45.3. The number of nitrogens with zero attached hydrogens (tertiary/aromatic N) is 1. The van der Waals surface area contributed by atoms with Gasteiger partial charge in [0.1, 0.15) is 34.9 Å². The summed E-state index contributed by atoms with van der Waals surface area (Å²) in [4.78, 5) is 67.2. The van der Waals surface area contributed by atoms with Crippen molar-refractivity contribution in [3.63, 3.8) is 0 Å². The molecule has 0 spiro atoms. The number of carbonyl (C=O) groups excluding carboxylic acids is 5. The van der Waals surface area contributed by atoms with Crippen molar-refractivity contribution in [1.82, 2.24) is 20.9 Å². The van der Waals surface area contributed by atoms with E-state index in [2.05, 4.69) is 48.9 Å². The van der Waals surface area contributed by atoms with Crippen LogP contribution < -0.4 is 16.0 Å². The normalized spacial score (nSPS) is 29.7. The van der Waals surface area contributed by atoms with Crippen molar-refractivity contribution in [3.8, 4) is 0 Å². The van der Waals surface area contributed by atoms with Crippen LogP contribution in [0.15, 0.2) is 24.3 Å². The monoisotopic (exact) mass is 1000 g/mol. The third-order valence-electron chi connectivity index (χ3n) is 15.4. The zero-order valence-electron chi connectivity index (χ0n) is 44.5. The first-order chi connectivity index (χ1) is 32.5. The first-order valence-electron chi connectivity index (χ1n) is 25.9. The summed E-state index contributed by atoms with van der Waals surface area (Å²) >= 11 is 1.64. The number of alkyl carbamates (subject to hydrolysis) is 2. The topological polar surface area (TPSA) is 202 Å². The van der Waals surface area contributed by atoms with Crippen LogP contribution in [0.4, 0.5) is 14.4 Å². The average molecular weight is 1000 g/mol. The van der Waals surface area contributed by atoms with Gasteiger partial charge in [-0.15, -0.1) is 11.8 Å². The number of aliphatic hydroxyl groups excluding tert-OH is 2. The fourth-order valence-electron chi connectivity index (χ4n) is 11.4. The number of hydrogen-bond donors (Lipinski definition) is 5. The van der Waals surface area contributed by atoms with Gasteiger partial charge < -0.3 is 44.7 Å². The third-order valence-corrected chi connectivity index (χ3v) is 16.7. The molecule has 0 aliphatic heterocycles. The molecule has 396 valence electrons. The number of nitrogens with one attached hydrogen (secondary N) is 3. The highest BCUT2D eigenvalue weighted by molar-refractivity contribution is 8.00. The lowest BCUT2D eigenvalue weighted by Crippen LogP contribution is -2.60. The van der Waals surface area contributed by atoms with Gasteiger partial charge in [-0.25, -0.2) is 14.4 Å². The Kier molecular flexibility index (Phi) is 19.2. The number of amides is 3. The van der Waals surface area contributed by atoms with Crippen molar-refractivity contribution in [2.75, 3.05) is 31.9 Å². The number of carbonyl (C=O) groups is 5. The molecule has 5 rings (SSSR count). The largest absolute Gasteiger partial charge is 0.461 e. The molecule has 3 amide bonds. The molecule has 4 aliphatic rings. The summed E-state index contributed by atoms with van der Waals surface area (Å²) in [6.45, 7) is 24.1. The minimum absolute atomic E-state index is 0.0447.